The van der Waals surface area contributed by atoms with Crippen LogP contribution in [0.15, 0.2) is 79.3 Å². The summed E-state index contributed by atoms with van der Waals surface area (Å²) in [5.41, 5.74) is 6.91. The maximum atomic E-state index is 5.11. The summed E-state index contributed by atoms with van der Waals surface area (Å²) >= 11 is 0. The molecule has 29 heavy (non-hydrogen) atoms. The Kier molecular flexibility index (Phi) is 3.30. The van der Waals surface area contributed by atoms with Gasteiger partial charge in [0, 0.05) is 40.3 Å². The van der Waals surface area contributed by atoms with Gasteiger partial charge in [-0.3, -0.25) is 9.38 Å². The zero-order chi connectivity index (χ0) is 19.5. The normalized spacial score (nSPS) is 11.8. The molecule has 3 heteroatoms. The Morgan fingerprint density at radius 2 is 1.55 bits per heavy atom. The Labute approximate surface area is 168 Å². The van der Waals surface area contributed by atoms with E-state index in [-0.39, 0.29) is 0 Å². The molecule has 0 bridgehead atoms. The summed E-state index contributed by atoms with van der Waals surface area (Å²) in [6, 6.07) is 21.5. The Balaban J connectivity index is 1.83. The third kappa shape index (κ3) is 2.31. The first-order valence-corrected chi connectivity index (χ1v) is 9.84. The molecule has 3 nitrogen and oxygen atoms in total. The van der Waals surface area contributed by atoms with Crippen LogP contribution in [0.5, 0.6) is 0 Å². The van der Waals surface area contributed by atoms with Gasteiger partial charge in [0.25, 0.3) is 0 Å². The van der Waals surface area contributed by atoms with Crippen molar-refractivity contribution in [3.05, 3.63) is 90.4 Å². The Morgan fingerprint density at radius 3 is 2.38 bits per heavy atom. The molecule has 0 aliphatic carbocycles. The molecular weight excluding hydrogens is 354 g/mol. The van der Waals surface area contributed by atoms with Gasteiger partial charge in [0.2, 0.25) is 0 Å². The minimum atomic E-state index is 0.999. The lowest BCUT2D eigenvalue weighted by atomic mass is 10.0. The van der Waals surface area contributed by atoms with Crippen molar-refractivity contribution in [3.8, 4) is 11.3 Å². The SMILES string of the molecule is Cc1cccc(C)c1-c1cn2c3cc4ccncc4cc3c3ccccc3c2n1. The van der Waals surface area contributed by atoms with Crippen LogP contribution in [0, 0.1) is 13.8 Å². The van der Waals surface area contributed by atoms with Crippen molar-refractivity contribution in [3.63, 3.8) is 0 Å². The topological polar surface area (TPSA) is 30.2 Å². The van der Waals surface area contributed by atoms with Crippen molar-refractivity contribution < 1.29 is 0 Å². The van der Waals surface area contributed by atoms with E-state index in [1.807, 2.05) is 12.4 Å². The predicted molar refractivity (Wildman–Crippen MR) is 120 cm³/mol. The van der Waals surface area contributed by atoms with Gasteiger partial charge in [-0.05, 0) is 53.9 Å². The van der Waals surface area contributed by atoms with Crippen LogP contribution in [0.2, 0.25) is 0 Å². The summed E-state index contributed by atoms with van der Waals surface area (Å²) in [4.78, 5) is 9.42. The second-order valence-electron chi connectivity index (χ2n) is 7.72. The molecule has 0 N–H and O–H groups in total. The minimum Gasteiger partial charge on any atom is -0.298 e. The van der Waals surface area contributed by atoms with Gasteiger partial charge in [0.05, 0.1) is 11.2 Å². The monoisotopic (exact) mass is 373 g/mol. The van der Waals surface area contributed by atoms with Crippen molar-refractivity contribution >= 4 is 38.1 Å². The van der Waals surface area contributed by atoms with Crippen molar-refractivity contribution in [2.75, 3.05) is 0 Å². The zero-order valence-corrected chi connectivity index (χ0v) is 16.3. The highest BCUT2D eigenvalue weighted by Crippen LogP contribution is 2.34. The molecule has 0 saturated heterocycles. The molecule has 0 fully saturated rings. The average molecular weight is 373 g/mol. The van der Waals surface area contributed by atoms with E-state index < -0.39 is 0 Å². The van der Waals surface area contributed by atoms with E-state index in [2.05, 4.69) is 90.1 Å². The van der Waals surface area contributed by atoms with E-state index in [1.54, 1.807) is 0 Å². The van der Waals surface area contributed by atoms with Crippen LogP contribution in [0.4, 0.5) is 0 Å². The Hall–Kier alpha value is -3.72. The largest absolute Gasteiger partial charge is 0.298 e. The summed E-state index contributed by atoms with van der Waals surface area (Å²) < 4.78 is 2.25. The summed E-state index contributed by atoms with van der Waals surface area (Å²) in [5, 5.41) is 5.95. The molecule has 3 aromatic heterocycles. The van der Waals surface area contributed by atoms with Crippen LogP contribution >= 0.6 is 0 Å². The second kappa shape index (κ2) is 5.89. The van der Waals surface area contributed by atoms with Crippen molar-refractivity contribution in [1.82, 2.24) is 14.4 Å². The molecule has 0 radical (unpaired) electrons. The molecule has 0 atom stereocenters. The van der Waals surface area contributed by atoms with Crippen molar-refractivity contribution in [2.24, 2.45) is 0 Å². The first-order valence-electron chi connectivity index (χ1n) is 9.84. The van der Waals surface area contributed by atoms with Gasteiger partial charge in [0.15, 0.2) is 0 Å². The first kappa shape index (κ1) is 16.3. The molecule has 0 spiro atoms. The molecule has 3 aromatic carbocycles. The van der Waals surface area contributed by atoms with Gasteiger partial charge in [0.1, 0.15) is 5.65 Å². The van der Waals surface area contributed by atoms with Crippen LogP contribution in [-0.2, 0) is 0 Å². The Morgan fingerprint density at radius 1 is 0.759 bits per heavy atom. The number of hydrogen-bond acceptors (Lipinski definition) is 2. The highest BCUT2D eigenvalue weighted by molar-refractivity contribution is 6.15. The number of aryl methyl sites for hydroxylation is 2. The van der Waals surface area contributed by atoms with E-state index in [0.717, 1.165) is 16.7 Å². The van der Waals surface area contributed by atoms with Crippen LogP contribution in [0.1, 0.15) is 11.1 Å². The van der Waals surface area contributed by atoms with Crippen molar-refractivity contribution in [2.45, 2.75) is 13.8 Å². The summed E-state index contributed by atoms with van der Waals surface area (Å²) in [6.45, 7) is 4.31. The maximum absolute atomic E-state index is 5.11. The van der Waals surface area contributed by atoms with E-state index in [0.29, 0.717) is 0 Å². The zero-order valence-electron chi connectivity index (χ0n) is 16.3. The van der Waals surface area contributed by atoms with Crippen LogP contribution < -0.4 is 0 Å². The van der Waals surface area contributed by atoms with Crippen LogP contribution in [0.3, 0.4) is 0 Å². The molecule has 0 amide bonds. The summed E-state index contributed by atoms with van der Waals surface area (Å²) in [5.74, 6) is 0. The lowest BCUT2D eigenvalue weighted by Gasteiger charge is -2.09. The quantitative estimate of drug-likeness (QED) is 0.244. The fourth-order valence-electron chi connectivity index (χ4n) is 4.54. The molecule has 3 heterocycles. The fraction of sp³-hybridized carbons (Fsp3) is 0.0769. The number of fused-ring (bicyclic) bond motifs is 7. The standard InChI is InChI=1S/C26H19N3/c1-16-6-5-7-17(2)25(16)23-15-29-24-13-18-10-11-27-14-19(18)12-22(24)20-8-3-4-9-21(20)26(29)28-23/h3-15H,1-2H3. The number of hydrogen-bond donors (Lipinski definition) is 0. The van der Waals surface area contributed by atoms with Crippen LogP contribution in [0.25, 0.3) is 49.4 Å². The van der Waals surface area contributed by atoms with E-state index in [4.69, 9.17) is 4.98 Å². The number of nitrogens with zero attached hydrogens (tertiary/aromatic N) is 3. The van der Waals surface area contributed by atoms with Crippen LogP contribution in [-0.4, -0.2) is 14.4 Å². The minimum absolute atomic E-state index is 0.999. The van der Waals surface area contributed by atoms with Gasteiger partial charge < -0.3 is 0 Å². The molecule has 0 aliphatic rings. The second-order valence-corrected chi connectivity index (χ2v) is 7.72. The summed E-state index contributed by atoms with van der Waals surface area (Å²) in [7, 11) is 0. The van der Waals surface area contributed by atoms with E-state index in [1.165, 1.54) is 43.8 Å². The molecule has 6 rings (SSSR count). The predicted octanol–water partition coefficient (Wildman–Crippen LogP) is 6.47. The number of benzene rings is 3. The highest BCUT2D eigenvalue weighted by atomic mass is 15.0. The average Bonchev–Trinajstić information content (AvgIpc) is 3.18. The number of aromatic nitrogens is 3. The molecule has 0 aliphatic heterocycles. The van der Waals surface area contributed by atoms with Crippen molar-refractivity contribution in [1.29, 1.82) is 0 Å². The third-order valence-corrected chi connectivity index (χ3v) is 5.92. The van der Waals surface area contributed by atoms with Gasteiger partial charge in [-0.2, -0.15) is 0 Å². The Bertz CT molecular complexity index is 1550. The van der Waals surface area contributed by atoms with Gasteiger partial charge in [-0.15, -0.1) is 0 Å². The van der Waals surface area contributed by atoms with Gasteiger partial charge >= 0.3 is 0 Å². The number of rotatable bonds is 1. The van der Waals surface area contributed by atoms with Gasteiger partial charge in [-0.1, -0.05) is 42.5 Å². The van der Waals surface area contributed by atoms with E-state index in [9.17, 15) is 0 Å². The highest BCUT2D eigenvalue weighted by Gasteiger charge is 2.15. The first-order chi connectivity index (χ1) is 14.2. The van der Waals surface area contributed by atoms with E-state index >= 15 is 0 Å². The fourth-order valence-corrected chi connectivity index (χ4v) is 4.54. The molecular formula is C26H19N3. The lowest BCUT2D eigenvalue weighted by Crippen LogP contribution is -1.91. The third-order valence-electron chi connectivity index (χ3n) is 5.92. The molecule has 138 valence electrons. The summed E-state index contributed by atoms with van der Waals surface area (Å²) in [6.07, 6.45) is 5.97. The number of imidazole rings is 1. The van der Waals surface area contributed by atoms with Gasteiger partial charge in [-0.25, -0.2) is 4.98 Å². The smallest absolute Gasteiger partial charge is 0.145 e. The molecule has 6 aromatic rings. The maximum Gasteiger partial charge on any atom is 0.145 e. The molecule has 0 unspecified atom stereocenters. The lowest BCUT2D eigenvalue weighted by molar-refractivity contribution is 1.27. The number of pyridine rings is 2. The molecule has 0 saturated carbocycles.